The van der Waals surface area contributed by atoms with Gasteiger partial charge in [0.2, 0.25) is 23.6 Å². The molecular formula is C26H26I6N6O7. The molecule has 0 unspecified atom stereocenters. The lowest BCUT2D eigenvalue weighted by molar-refractivity contribution is -0.115. The smallest absolute Gasteiger partial charge is 0.256 e. The third-order valence-corrected chi connectivity index (χ3v) is 12.1. The minimum atomic E-state index is -0.505. The van der Waals surface area contributed by atoms with Crippen molar-refractivity contribution in [2.24, 2.45) is 0 Å². The summed E-state index contributed by atoms with van der Waals surface area (Å²) >= 11 is 11.8. The van der Waals surface area contributed by atoms with Gasteiger partial charge in [0.05, 0.1) is 61.9 Å². The summed E-state index contributed by atoms with van der Waals surface area (Å²) in [5.74, 6) is -2.42. The standard InChI is InChI=1S/C26H26I6N6O7/c1-9(40)34-21-15(27)13(16(28)22(19(21)31)35-10(2)41)25(44)33-5-6-38(7-8-39)26(45)14-17(29)23(36-11(3)42)20(32)24(18(14)30)37-12(4)43/h39H,5-8H2,1-4H3,(H,33,44)(H,34,40)(H,35,41)(H,36,42)(H,37,43). The first kappa shape index (κ1) is 40.8. The molecule has 0 atom stereocenters. The van der Waals surface area contributed by atoms with Crippen molar-refractivity contribution in [1.29, 1.82) is 0 Å². The number of carbonyl (C=O) groups is 6. The van der Waals surface area contributed by atoms with Crippen LogP contribution in [0.3, 0.4) is 0 Å². The van der Waals surface area contributed by atoms with Crippen molar-refractivity contribution in [3.63, 3.8) is 0 Å². The lowest BCUT2D eigenvalue weighted by atomic mass is 10.1. The van der Waals surface area contributed by atoms with Crippen LogP contribution in [0.1, 0.15) is 48.4 Å². The number of aliphatic hydroxyl groups excluding tert-OH is 1. The van der Waals surface area contributed by atoms with Crippen molar-refractivity contribution in [3.05, 3.63) is 32.5 Å². The van der Waals surface area contributed by atoms with Gasteiger partial charge in [-0.3, -0.25) is 28.8 Å². The summed E-state index contributed by atoms with van der Waals surface area (Å²) in [5.41, 5.74) is 1.92. The van der Waals surface area contributed by atoms with Crippen LogP contribution in [-0.2, 0) is 19.2 Å². The number of halogens is 6. The monoisotopic (exact) mass is 1300 g/mol. The van der Waals surface area contributed by atoms with E-state index in [1.807, 2.05) is 136 Å². The number of rotatable bonds is 11. The van der Waals surface area contributed by atoms with Gasteiger partial charge in [-0.05, 0) is 136 Å². The Hall–Kier alpha value is -0.400. The number of carbonyl (C=O) groups excluding carboxylic acids is 6. The number of hydrogen-bond donors (Lipinski definition) is 6. The van der Waals surface area contributed by atoms with Gasteiger partial charge >= 0.3 is 0 Å². The minimum absolute atomic E-state index is 0.00283. The normalized spacial score (nSPS) is 10.6. The van der Waals surface area contributed by atoms with Crippen LogP contribution >= 0.6 is 136 Å². The Morgan fingerprint density at radius 1 is 0.556 bits per heavy atom. The highest BCUT2D eigenvalue weighted by Crippen LogP contribution is 2.40. The Kier molecular flexibility index (Phi) is 16.7. The molecule has 19 heteroatoms. The summed E-state index contributed by atoms with van der Waals surface area (Å²) in [6.07, 6.45) is 0. The van der Waals surface area contributed by atoms with E-state index in [2.05, 4.69) is 26.6 Å². The van der Waals surface area contributed by atoms with Crippen LogP contribution in [-0.4, -0.2) is 71.7 Å². The molecule has 45 heavy (non-hydrogen) atoms. The molecule has 0 aliphatic carbocycles. The Morgan fingerprint density at radius 3 is 1.20 bits per heavy atom. The third kappa shape index (κ3) is 10.5. The van der Waals surface area contributed by atoms with Gasteiger partial charge in [0.1, 0.15) is 0 Å². The van der Waals surface area contributed by atoms with Gasteiger partial charge in [-0.2, -0.15) is 0 Å². The van der Waals surface area contributed by atoms with Gasteiger partial charge in [-0.1, -0.05) is 0 Å². The molecule has 2 aromatic carbocycles. The van der Waals surface area contributed by atoms with Crippen LogP contribution in [0.4, 0.5) is 22.7 Å². The SMILES string of the molecule is CC(=O)Nc1c(I)c(NC(C)=O)c(I)c(C(=O)NCCN(CCO)C(=O)c2c(I)c(NC(C)=O)c(I)c(NC(C)=O)c2I)c1I. The Bertz CT molecular complexity index is 1500. The van der Waals surface area contributed by atoms with Crippen molar-refractivity contribution in [2.75, 3.05) is 47.5 Å². The number of benzene rings is 2. The topological polar surface area (TPSA) is 186 Å². The quantitative estimate of drug-likeness (QED) is 0.171. The molecule has 0 heterocycles. The van der Waals surface area contributed by atoms with Crippen LogP contribution in [0.2, 0.25) is 0 Å². The molecule has 0 aliphatic heterocycles. The molecule has 0 aliphatic rings. The predicted molar refractivity (Wildman–Crippen MR) is 222 cm³/mol. The zero-order chi connectivity index (χ0) is 34.3. The van der Waals surface area contributed by atoms with Gasteiger partial charge in [0, 0.05) is 47.3 Å². The number of nitrogens with one attached hydrogen (secondary N) is 5. The van der Waals surface area contributed by atoms with E-state index in [1.54, 1.807) is 0 Å². The molecule has 6 amide bonds. The Balaban J connectivity index is 2.48. The molecule has 0 radical (unpaired) electrons. The van der Waals surface area contributed by atoms with E-state index in [9.17, 15) is 33.9 Å². The highest BCUT2D eigenvalue weighted by atomic mass is 127. The van der Waals surface area contributed by atoms with Crippen LogP contribution in [0.5, 0.6) is 0 Å². The molecule has 6 N–H and O–H groups in total. The van der Waals surface area contributed by atoms with Gasteiger partial charge in [0.25, 0.3) is 11.8 Å². The van der Waals surface area contributed by atoms with E-state index in [-0.39, 0.29) is 61.0 Å². The summed E-state index contributed by atoms with van der Waals surface area (Å²) < 4.78 is 2.92. The van der Waals surface area contributed by atoms with Crippen LogP contribution in [0.15, 0.2) is 0 Å². The first-order valence-electron chi connectivity index (χ1n) is 12.6. The third-order valence-electron chi connectivity index (χ3n) is 5.60. The van der Waals surface area contributed by atoms with Crippen molar-refractivity contribution in [3.8, 4) is 0 Å². The average molecular weight is 1300 g/mol. The van der Waals surface area contributed by atoms with Crippen LogP contribution < -0.4 is 26.6 Å². The van der Waals surface area contributed by atoms with E-state index in [0.29, 0.717) is 44.2 Å². The lowest BCUT2D eigenvalue weighted by Crippen LogP contribution is -2.41. The maximum absolute atomic E-state index is 13.9. The van der Waals surface area contributed by atoms with Crippen molar-refractivity contribution in [1.82, 2.24) is 10.2 Å². The van der Waals surface area contributed by atoms with E-state index in [4.69, 9.17) is 0 Å². The van der Waals surface area contributed by atoms with E-state index in [1.165, 1.54) is 32.6 Å². The second-order valence-electron chi connectivity index (χ2n) is 9.13. The summed E-state index contributed by atoms with van der Waals surface area (Å²) in [6.45, 7) is 4.91. The average Bonchev–Trinajstić information content (AvgIpc) is 2.93. The fourth-order valence-corrected chi connectivity index (χ4v) is 12.2. The highest BCUT2D eigenvalue weighted by molar-refractivity contribution is 14.1. The Labute approximate surface area is 340 Å². The zero-order valence-electron chi connectivity index (χ0n) is 23.9. The second-order valence-corrected chi connectivity index (χ2v) is 15.6. The maximum atomic E-state index is 13.9. The molecular weight excluding hydrogens is 1270 g/mol. The number of hydrogen-bond acceptors (Lipinski definition) is 7. The fraction of sp³-hybridized carbons (Fsp3) is 0.308. The molecule has 0 spiro atoms. The molecule has 2 aromatic rings. The molecule has 13 nitrogen and oxygen atoms in total. The fourth-order valence-electron chi connectivity index (χ4n) is 3.84. The number of amides is 6. The predicted octanol–water partition coefficient (Wildman–Crippen LogP) is 5.01. The summed E-state index contributed by atoms with van der Waals surface area (Å²) in [6, 6.07) is 0. The first-order valence-corrected chi connectivity index (χ1v) is 19.1. The van der Waals surface area contributed by atoms with E-state index >= 15 is 0 Å². The number of anilines is 4. The number of aliphatic hydroxyl groups is 1. The van der Waals surface area contributed by atoms with Crippen molar-refractivity contribution >= 4 is 194 Å². The summed E-state index contributed by atoms with van der Waals surface area (Å²) in [7, 11) is 0. The zero-order valence-corrected chi connectivity index (χ0v) is 36.9. The van der Waals surface area contributed by atoms with Gasteiger partial charge in [-0.15, -0.1) is 0 Å². The minimum Gasteiger partial charge on any atom is -0.395 e. The number of nitrogens with zero attached hydrogens (tertiary/aromatic N) is 1. The second kappa shape index (κ2) is 18.4. The molecule has 244 valence electrons. The molecule has 0 saturated carbocycles. The summed E-state index contributed by atoms with van der Waals surface area (Å²) in [4.78, 5) is 76.6. The molecule has 0 saturated heterocycles. The molecule has 0 bridgehead atoms. The van der Waals surface area contributed by atoms with Crippen LogP contribution in [0.25, 0.3) is 0 Å². The van der Waals surface area contributed by atoms with Gasteiger partial charge in [-0.25, -0.2) is 0 Å². The van der Waals surface area contributed by atoms with Crippen molar-refractivity contribution in [2.45, 2.75) is 27.7 Å². The van der Waals surface area contributed by atoms with E-state index < -0.39 is 11.8 Å². The molecule has 2 rings (SSSR count). The lowest BCUT2D eigenvalue weighted by Gasteiger charge is -2.26. The van der Waals surface area contributed by atoms with E-state index in [0.717, 1.165) is 0 Å². The largest absolute Gasteiger partial charge is 0.395 e. The van der Waals surface area contributed by atoms with Gasteiger partial charge < -0.3 is 36.6 Å². The summed E-state index contributed by atoms with van der Waals surface area (Å²) in [5, 5.41) is 23.5. The van der Waals surface area contributed by atoms with Gasteiger partial charge in [0.15, 0.2) is 0 Å². The van der Waals surface area contributed by atoms with Crippen molar-refractivity contribution < 1.29 is 33.9 Å². The molecule has 0 fully saturated rings. The highest BCUT2D eigenvalue weighted by Gasteiger charge is 2.29. The first-order chi connectivity index (χ1) is 20.9. The Morgan fingerprint density at radius 2 is 0.889 bits per heavy atom. The maximum Gasteiger partial charge on any atom is 0.256 e. The van der Waals surface area contributed by atoms with Crippen LogP contribution in [0, 0.1) is 21.4 Å². The molecule has 0 aromatic heterocycles.